The standard InChI is InChI=1S/C22H26F3N5O.HI/c1-14-10-16(13-30(14)12-15-6-4-3-5-7-15)28-22(26-2)27-11-19(31)29-18-9-8-17(23)20(24)21(18)25;/h3-9,14,16H,10-13H2,1-2H3,(H,29,31)(H2,26,27,28);1H. The van der Waals surface area contributed by atoms with Crippen molar-refractivity contribution in [3.05, 3.63) is 65.5 Å². The molecule has 0 spiro atoms. The average molecular weight is 561 g/mol. The van der Waals surface area contributed by atoms with E-state index in [9.17, 15) is 18.0 Å². The lowest BCUT2D eigenvalue weighted by Gasteiger charge is -2.21. The summed E-state index contributed by atoms with van der Waals surface area (Å²) in [4.78, 5) is 18.6. The molecule has 1 amide bonds. The number of benzene rings is 2. The van der Waals surface area contributed by atoms with Gasteiger partial charge in [-0.2, -0.15) is 0 Å². The fourth-order valence-electron chi connectivity index (χ4n) is 3.61. The van der Waals surface area contributed by atoms with Crippen LogP contribution in [0.4, 0.5) is 18.9 Å². The summed E-state index contributed by atoms with van der Waals surface area (Å²) >= 11 is 0. The molecule has 0 aromatic heterocycles. The largest absolute Gasteiger partial charge is 0.352 e. The summed E-state index contributed by atoms with van der Waals surface area (Å²) in [7, 11) is 1.59. The number of likely N-dealkylation sites (tertiary alicyclic amines) is 1. The zero-order valence-corrected chi connectivity index (χ0v) is 20.2. The maximum atomic E-state index is 13.7. The summed E-state index contributed by atoms with van der Waals surface area (Å²) in [5.41, 5.74) is 0.827. The number of aliphatic imine (C=N–C) groups is 1. The second kappa shape index (κ2) is 12.0. The minimum absolute atomic E-state index is 0. The van der Waals surface area contributed by atoms with E-state index in [4.69, 9.17) is 0 Å². The van der Waals surface area contributed by atoms with E-state index in [1.165, 1.54) is 5.56 Å². The minimum atomic E-state index is -1.63. The van der Waals surface area contributed by atoms with E-state index in [2.05, 4.69) is 44.9 Å². The van der Waals surface area contributed by atoms with Crippen LogP contribution in [0.3, 0.4) is 0 Å². The van der Waals surface area contributed by atoms with Crippen LogP contribution in [0.1, 0.15) is 18.9 Å². The van der Waals surface area contributed by atoms with Crippen molar-refractivity contribution in [1.82, 2.24) is 15.5 Å². The predicted molar refractivity (Wildman–Crippen MR) is 130 cm³/mol. The van der Waals surface area contributed by atoms with Gasteiger partial charge in [0.15, 0.2) is 23.4 Å². The Kier molecular flexibility index (Phi) is 9.76. The third kappa shape index (κ3) is 6.83. The normalized spacial score (nSPS) is 18.7. The predicted octanol–water partition coefficient (Wildman–Crippen LogP) is 3.49. The van der Waals surface area contributed by atoms with E-state index in [0.29, 0.717) is 12.0 Å². The highest BCUT2D eigenvalue weighted by Gasteiger charge is 2.29. The molecule has 0 bridgehead atoms. The van der Waals surface area contributed by atoms with Crippen molar-refractivity contribution < 1.29 is 18.0 Å². The van der Waals surface area contributed by atoms with Crippen LogP contribution in [0.2, 0.25) is 0 Å². The van der Waals surface area contributed by atoms with E-state index < -0.39 is 29.0 Å². The van der Waals surface area contributed by atoms with Gasteiger partial charge in [0.25, 0.3) is 0 Å². The number of hydrogen-bond donors (Lipinski definition) is 3. The summed E-state index contributed by atoms with van der Waals surface area (Å²) in [6.45, 7) is 3.64. The topological polar surface area (TPSA) is 68.8 Å². The second-order valence-electron chi connectivity index (χ2n) is 7.54. The molecule has 3 rings (SSSR count). The van der Waals surface area contributed by atoms with Crippen LogP contribution in [0.5, 0.6) is 0 Å². The maximum Gasteiger partial charge on any atom is 0.243 e. The van der Waals surface area contributed by atoms with Crippen LogP contribution in [-0.2, 0) is 11.3 Å². The SMILES string of the molecule is CN=C(NCC(=O)Nc1ccc(F)c(F)c1F)NC1CC(C)N(Cc2ccccc2)C1.I. The molecule has 2 unspecified atom stereocenters. The Morgan fingerprint density at radius 3 is 2.53 bits per heavy atom. The molecule has 6 nitrogen and oxygen atoms in total. The summed E-state index contributed by atoms with van der Waals surface area (Å²) in [5, 5.41) is 8.37. The van der Waals surface area contributed by atoms with Crippen molar-refractivity contribution in [3.8, 4) is 0 Å². The Balaban J connectivity index is 0.00000363. The Labute approximate surface area is 202 Å². The van der Waals surface area contributed by atoms with Crippen LogP contribution in [0.25, 0.3) is 0 Å². The number of rotatable bonds is 6. The quantitative estimate of drug-likeness (QED) is 0.219. The first-order valence-corrected chi connectivity index (χ1v) is 10.1. The maximum absolute atomic E-state index is 13.7. The van der Waals surface area contributed by atoms with E-state index in [1.54, 1.807) is 7.05 Å². The number of hydrogen-bond acceptors (Lipinski definition) is 3. The molecule has 10 heteroatoms. The van der Waals surface area contributed by atoms with Gasteiger partial charge in [-0.15, -0.1) is 24.0 Å². The van der Waals surface area contributed by atoms with Gasteiger partial charge >= 0.3 is 0 Å². The highest BCUT2D eigenvalue weighted by molar-refractivity contribution is 14.0. The zero-order valence-electron chi connectivity index (χ0n) is 17.9. The minimum Gasteiger partial charge on any atom is -0.352 e. The van der Waals surface area contributed by atoms with Crippen LogP contribution >= 0.6 is 24.0 Å². The molecule has 174 valence electrons. The van der Waals surface area contributed by atoms with Crippen molar-refractivity contribution in [2.24, 2.45) is 4.99 Å². The lowest BCUT2D eigenvalue weighted by Crippen LogP contribution is -2.46. The number of guanidine groups is 1. The Bertz CT molecular complexity index is 945. The fourth-order valence-corrected chi connectivity index (χ4v) is 3.61. The van der Waals surface area contributed by atoms with Gasteiger partial charge in [-0.1, -0.05) is 30.3 Å². The molecule has 1 aliphatic rings. The molecule has 1 heterocycles. The van der Waals surface area contributed by atoms with E-state index in [-0.39, 0.29) is 36.6 Å². The number of amides is 1. The van der Waals surface area contributed by atoms with Gasteiger partial charge in [-0.3, -0.25) is 14.7 Å². The van der Waals surface area contributed by atoms with Crippen molar-refractivity contribution in [3.63, 3.8) is 0 Å². The second-order valence-corrected chi connectivity index (χ2v) is 7.54. The third-order valence-corrected chi connectivity index (χ3v) is 5.22. The highest BCUT2D eigenvalue weighted by atomic mass is 127. The number of nitrogens with zero attached hydrogens (tertiary/aromatic N) is 2. The molecule has 0 saturated carbocycles. The van der Waals surface area contributed by atoms with E-state index in [1.807, 2.05) is 18.2 Å². The molecule has 2 aromatic rings. The number of anilines is 1. The Hall–Kier alpha value is -2.34. The van der Waals surface area contributed by atoms with Gasteiger partial charge in [0.2, 0.25) is 5.91 Å². The highest BCUT2D eigenvalue weighted by Crippen LogP contribution is 2.21. The van der Waals surface area contributed by atoms with Gasteiger partial charge in [0.1, 0.15) is 0 Å². The zero-order chi connectivity index (χ0) is 22.4. The number of halogens is 4. The van der Waals surface area contributed by atoms with Crippen molar-refractivity contribution >= 4 is 41.5 Å². The third-order valence-electron chi connectivity index (χ3n) is 5.22. The van der Waals surface area contributed by atoms with Crippen molar-refractivity contribution in [2.75, 3.05) is 25.5 Å². The molecule has 0 radical (unpaired) electrons. The number of carbonyl (C=O) groups is 1. The molecule has 1 saturated heterocycles. The summed E-state index contributed by atoms with van der Waals surface area (Å²) in [5.74, 6) is -4.56. The van der Waals surface area contributed by atoms with Gasteiger partial charge in [-0.25, -0.2) is 13.2 Å². The summed E-state index contributed by atoms with van der Waals surface area (Å²) in [6, 6.07) is 12.5. The average Bonchev–Trinajstić information content (AvgIpc) is 3.10. The molecule has 32 heavy (non-hydrogen) atoms. The van der Waals surface area contributed by atoms with Gasteiger partial charge < -0.3 is 16.0 Å². The lowest BCUT2D eigenvalue weighted by atomic mass is 10.2. The van der Waals surface area contributed by atoms with Crippen molar-refractivity contribution in [2.45, 2.75) is 32.0 Å². The molecule has 1 fully saturated rings. The summed E-state index contributed by atoms with van der Waals surface area (Å²) < 4.78 is 40.0. The smallest absolute Gasteiger partial charge is 0.243 e. The number of carbonyl (C=O) groups excluding carboxylic acids is 1. The van der Waals surface area contributed by atoms with E-state index in [0.717, 1.165) is 31.6 Å². The fraction of sp³-hybridized carbons (Fsp3) is 0.364. The molecular formula is C22H27F3IN5O. The van der Waals surface area contributed by atoms with Crippen LogP contribution in [-0.4, -0.2) is 49.0 Å². The molecule has 2 atom stereocenters. The first-order valence-electron chi connectivity index (χ1n) is 10.1. The van der Waals surface area contributed by atoms with Crippen molar-refractivity contribution in [1.29, 1.82) is 0 Å². The molecule has 0 aliphatic carbocycles. The Morgan fingerprint density at radius 2 is 1.84 bits per heavy atom. The van der Waals surface area contributed by atoms with Gasteiger partial charge in [0, 0.05) is 32.2 Å². The molecule has 1 aliphatic heterocycles. The van der Waals surface area contributed by atoms with Crippen LogP contribution in [0.15, 0.2) is 47.5 Å². The summed E-state index contributed by atoms with van der Waals surface area (Å²) in [6.07, 6.45) is 0.916. The first kappa shape index (κ1) is 25.9. The van der Waals surface area contributed by atoms with E-state index >= 15 is 0 Å². The van der Waals surface area contributed by atoms with Crippen LogP contribution in [0, 0.1) is 17.5 Å². The van der Waals surface area contributed by atoms with Crippen LogP contribution < -0.4 is 16.0 Å². The van der Waals surface area contributed by atoms with Gasteiger partial charge in [0.05, 0.1) is 12.2 Å². The molecule has 3 N–H and O–H groups in total. The monoisotopic (exact) mass is 561 g/mol. The Morgan fingerprint density at radius 1 is 1.12 bits per heavy atom. The number of nitrogens with one attached hydrogen (secondary N) is 3. The lowest BCUT2D eigenvalue weighted by molar-refractivity contribution is -0.115. The molecular weight excluding hydrogens is 534 g/mol. The molecule has 2 aromatic carbocycles. The first-order chi connectivity index (χ1) is 14.9. The van der Waals surface area contributed by atoms with Gasteiger partial charge in [-0.05, 0) is 31.0 Å².